The van der Waals surface area contributed by atoms with Gasteiger partial charge in [-0.3, -0.25) is 4.79 Å². The van der Waals surface area contributed by atoms with Crippen molar-refractivity contribution in [2.45, 2.75) is 111 Å². The van der Waals surface area contributed by atoms with Gasteiger partial charge in [-0.05, 0) is 117 Å². The van der Waals surface area contributed by atoms with Crippen LogP contribution in [0.15, 0.2) is 0 Å². The molecule has 0 radical (unpaired) electrons. The van der Waals surface area contributed by atoms with Crippen LogP contribution in [0.4, 0.5) is 0 Å². The van der Waals surface area contributed by atoms with Gasteiger partial charge in [0.25, 0.3) is 0 Å². The van der Waals surface area contributed by atoms with Gasteiger partial charge in [0, 0.05) is 0 Å². The van der Waals surface area contributed by atoms with Gasteiger partial charge in [0.2, 0.25) is 0 Å². The van der Waals surface area contributed by atoms with Crippen molar-refractivity contribution in [1.82, 2.24) is 0 Å². The number of carbonyl (C=O) groups excluding carboxylic acids is 1. The first-order chi connectivity index (χ1) is 13.3. The molecule has 4 rings (SSSR count). The van der Waals surface area contributed by atoms with Crippen LogP contribution < -0.4 is 5.73 Å². The van der Waals surface area contributed by atoms with E-state index in [4.69, 9.17) is 5.73 Å². The lowest BCUT2D eigenvalue weighted by Gasteiger charge is -2.61. The van der Waals surface area contributed by atoms with Gasteiger partial charge in [-0.1, -0.05) is 33.6 Å². The molecule has 0 aromatic rings. The maximum Gasteiger partial charge on any atom is 0.146 e. The summed E-state index contributed by atoms with van der Waals surface area (Å²) in [4.78, 5) is 11.5. The van der Waals surface area contributed by atoms with E-state index in [1.165, 1.54) is 64.2 Å². The molecule has 28 heavy (non-hydrogen) atoms. The Morgan fingerprint density at radius 1 is 0.929 bits per heavy atom. The van der Waals surface area contributed by atoms with E-state index in [2.05, 4.69) is 20.8 Å². The molecule has 2 N–H and O–H groups in total. The fourth-order valence-electron chi connectivity index (χ4n) is 9.12. The molecule has 160 valence electrons. The summed E-state index contributed by atoms with van der Waals surface area (Å²) in [6.45, 7) is 9.44. The highest BCUT2D eigenvalue weighted by molar-refractivity contribution is 5.81. The van der Waals surface area contributed by atoms with Crippen LogP contribution in [0, 0.1) is 46.3 Å². The Morgan fingerprint density at radius 3 is 2.43 bits per heavy atom. The fourth-order valence-corrected chi connectivity index (χ4v) is 9.12. The molecule has 4 aliphatic carbocycles. The first-order valence-corrected chi connectivity index (χ1v) is 12.5. The van der Waals surface area contributed by atoms with Gasteiger partial charge in [0.1, 0.15) is 5.78 Å². The van der Waals surface area contributed by atoms with Gasteiger partial charge < -0.3 is 5.73 Å². The zero-order chi connectivity index (χ0) is 20.1. The minimum atomic E-state index is -0.246. The van der Waals surface area contributed by atoms with E-state index in [1.807, 2.05) is 0 Å². The number of rotatable bonds is 5. The summed E-state index contributed by atoms with van der Waals surface area (Å²) in [6, 6.07) is -0.246. The molecule has 2 heteroatoms. The van der Waals surface area contributed by atoms with E-state index in [1.54, 1.807) is 6.92 Å². The third kappa shape index (κ3) is 3.30. The second-order valence-electron chi connectivity index (χ2n) is 11.9. The van der Waals surface area contributed by atoms with Crippen molar-refractivity contribution in [3.8, 4) is 0 Å². The maximum absolute atomic E-state index is 11.5. The number of hydrogen-bond acceptors (Lipinski definition) is 2. The van der Waals surface area contributed by atoms with E-state index < -0.39 is 0 Å². The molecule has 0 aromatic carbocycles. The van der Waals surface area contributed by atoms with Crippen LogP contribution in [0.3, 0.4) is 0 Å². The van der Waals surface area contributed by atoms with Gasteiger partial charge >= 0.3 is 0 Å². The molecule has 2 unspecified atom stereocenters. The van der Waals surface area contributed by atoms with Crippen molar-refractivity contribution >= 4 is 5.78 Å². The van der Waals surface area contributed by atoms with E-state index >= 15 is 0 Å². The second kappa shape index (κ2) is 7.71. The monoisotopic (exact) mass is 387 g/mol. The van der Waals surface area contributed by atoms with E-state index in [0.717, 1.165) is 42.4 Å². The summed E-state index contributed by atoms with van der Waals surface area (Å²) in [5.41, 5.74) is 7.24. The molecule has 4 fully saturated rings. The predicted octanol–water partition coefficient (Wildman–Crippen LogP) is 6.37. The summed E-state index contributed by atoms with van der Waals surface area (Å²) in [7, 11) is 0. The Kier molecular flexibility index (Phi) is 5.75. The molecular formula is C26H45NO. The first-order valence-electron chi connectivity index (χ1n) is 12.5. The van der Waals surface area contributed by atoms with E-state index in [-0.39, 0.29) is 11.8 Å². The molecule has 0 amide bonds. The number of fused-ring (bicyclic) bond motifs is 5. The molecule has 0 spiro atoms. The van der Waals surface area contributed by atoms with Crippen LogP contribution in [0.2, 0.25) is 0 Å². The number of Topliss-reactive ketones (excluding diaryl/α,β-unsaturated/α-hetero) is 1. The number of carbonyl (C=O) groups is 1. The lowest BCUT2D eigenvalue weighted by atomic mass is 9.44. The topological polar surface area (TPSA) is 43.1 Å². The van der Waals surface area contributed by atoms with Crippen molar-refractivity contribution in [2.24, 2.45) is 52.1 Å². The Morgan fingerprint density at radius 2 is 1.68 bits per heavy atom. The zero-order valence-electron chi connectivity index (χ0n) is 19.0. The second-order valence-corrected chi connectivity index (χ2v) is 11.9. The van der Waals surface area contributed by atoms with E-state index in [9.17, 15) is 4.79 Å². The highest BCUT2D eigenvalue weighted by Gasteiger charge is 2.60. The molecule has 9 atom stereocenters. The summed E-state index contributed by atoms with van der Waals surface area (Å²) in [6.07, 6.45) is 16.8. The summed E-state index contributed by atoms with van der Waals surface area (Å²) < 4.78 is 0. The Balaban J connectivity index is 1.47. The largest absolute Gasteiger partial charge is 0.322 e. The van der Waals surface area contributed by atoms with Crippen molar-refractivity contribution in [1.29, 1.82) is 0 Å². The van der Waals surface area contributed by atoms with Gasteiger partial charge in [-0.25, -0.2) is 0 Å². The minimum absolute atomic E-state index is 0.153. The van der Waals surface area contributed by atoms with Gasteiger partial charge in [0.15, 0.2) is 0 Å². The van der Waals surface area contributed by atoms with Crippen LogP contribution >= 0.6 is 0 Å². The van der Waals surface area contributed by atoms with Crippen LogP contribution in [-0.2, 0) is 4.79 Å². The third-order valence-electron chi connectivity index (χ3n) is 10.8. The van der Waals surface area contributed by atoms with Crippen LogP contribution in [0.5, 0.6) is 0 Å². The van der Waals surface area contributed by atoms with E-state index in [0.29, 0.717) is 16.7 Å². The van der Waals surface area contributed by atoms with Crippen LogP contribution in [-0.4, -0.2) is 11.8 Å². The van der Waals surface area contributed by atoms with Gasteiger partial charge in [0.05, 0.1) is 6.04 Å². The highest BCUT2D eigenvalue weighted by atomic mass is 16.1. The first kappa shape index (κ1) is 20.9. The molecule has 4 aliphatic rings. The van der Waals surface area contributed by atoms with Crippen LogP contribution in [0.25, 0.3) is 0 Å². The lowest BCUT2D eigenvalue weighted by molar-refractivity contribution is -0.118. The minimum Gasteiger partial charge on any atom is -0.322 e. The predicted molar refractivity (Wildman–Crippen MR) is 117 cm³/mol. The Hall–Kier alpha value is -0.370. The molecule has 0 aromatic heterocycles. The Bertz CT molecular complexity index is 587. The molecular weight excluding hydrogens is 342 g/mol. The molecule has 0 aliphatic heterocycles. The normalized spacial score (nSPS) is 47.5. The summed E-state index contributed by atoms with van der Waals surface area (Å²) in [5, 5.41) is 0. The standard InChI is InChI=1S/C26H45NO/c1-17(8-13-24(27)18(2)28)21-11-12-22-20-10-9-19-7-5-6-15-25(19,3)23(20)14-16-26(21,22)4/h17,19-24H,5-16,27H2,1-4H3/t17-,19?,20+,21-,22+,23+,24?,25+,26-/m1/s1. The van der Waals surface area contributed by atoms with Crippen LogP contribution in [0.1, 0.15) is 105 Å². The van der Waals surface area contributed by atoms with Crippen molar-refractivity contribution in [2.75, 3.05) is 0 Å². The molecule has 0 heterocycles. The third-order valence-corrected chi connectivity index (χ3v) is 10.8. The lowest BCUT2D eigenvalue weighted by Crippen LogP contribution is -2.53. The van der Waals surface area contributed by atoms with Crippen molar-refractivity contribution in [3.63, 3.8) is 0 Å². The number of ketones is 1. The number of hydrogen-bond donors (Lipinski definition) is 1. The average Bonchev–Trinajstić information content (AvgIpc) is 3.02. The Labute approximate surface area is 173 Å². The smallest absolute Gasteiger partial charge is 0.146 e. The quantitative estimate of drug-likeness (QED) is 0.595. The molecule has 2 nitrogen and oxygen atoms in total. The molecule has 0 bridgehead atoms. The zero-order valence-corrected chi connectivity index (χ0v) is 19.0. The average molecular weight is 388 g/mol. The molecule has 0 saturated heterocycles. The fraction of sp³-hybridized carbons (Fsp3) is 0.962. The molecule has 4 saturated carbocycles. The summed E-state index contributed by atoms with van der Waals surface area (Å²) in [5.74, 6) is 5.68. The summed E-state index contributed by atoms with van der Waals surface area (Å²) >= 11 is 0. The van der Waals surface area contributed by atoms with Gasteiger partial charge in [-0.2, -0.15) is 0 Å². The van der Waals surface area contributed by atoms with Crippen molar-refractivity contribution in [3.05, 3.63) is 0 Å². The van der Waals surface area contributed by atoms with Crippen molar-refractivity contribution < 1.29 is 4.79 Å². The maximum atomic E-state index is 11.5. The van der Waals surface area contributed by atoms with Gasteiger partial charge in [-0.15, -0.1) is 0 Å². The SMILES string of the molecule is CC(=O)C(N)CC[C@@H](C)[C@H]1CC[C@H]2[C@@H]3CCC4CCCC[C@]4(C)[C@H]3CC[C@]12C. The number of nitrogens with two attached hydrogens (primary N) is 1. The highest BCUT2D eigenvalue weighted by Crippen LogP contribution is 2.68.